The topological polar surface area (TPSA) is 54.4 Å². The summed E-state index contributed by atoms with van der Waals surface area (Å²) in [5.74, 6) is 0. The number of hydrogen-bond acceptors (Lipinski definition) is 2. The second-order valence-electron chi connectivity index (χ2n) is 6.11. The standard InChI is InChI=1S/C21H32O3S.K.H/c1-6-11-16-17(12-7-2)19(14-9-4)21(25(22,23)24)20(15-10-5)18(16)13-8-3;;/h11-15,21H,6-10H2,1-5H3,(H,22,23,24);;/q;+1;-1. The molecule has 0 aromatic rings. The molecule has 0 heterocycles. The van der Waals surface area contributed by atoms with E-state index in [0.717, 1.165) is 36.0 Å². The van der Waals surface area contributed by atoms with Crippen LogP contribution in [0.15, 0.2) is 58.2 Å². The van der Waals surface area contributed by atoms with Gasteiger partial charge in [-0.3, -0.25) is 4.55 Å². The Hall–Kier alpha value is 0.246. The number of hydrogen-bond donors (Lipinski definition) is 1. The van der Waals surface area contributed by atoms with Gasteiger partial charge in [0, 0.05) is 0 Å². The van der Waals surface area contributed by atoms with Crippen LogP contribution in [0.3, 0.4) is 0 Å². The second kappa shape index (κ2) is 12.7. The van der Waals surface area contributed by atoms with Gasteiger partial charge >= 0.3 is 51.4 Å². The van der Waals surface area contributed by atoms with Crippen LogP contribution < -0.4 is 51.4 Å². The second-order valence-corrected chi connectivity index (χ2v) is 7.61. The van der Waals surface area contributed by atoms with Gasteiger partial charge in [0.15, 0.2) is 0 Å². The molecular formula is C21H33KO3S. The van der Waals surface area contributed by atoms with Crippen LogP contribution in [0.25, 0.3) is 0 Å². The van der Waals surface area contributed by atoms with E-state index in [-0.39, 0.29) is 52.8 Å². The molecule has 3 nitrogen and oxygen atoms in total. The van der Waals surface area contributed by atoms with Crippen molar-refractivity contribution in [3.05, 3.63) is 58.2 Å². The summed E-state index contributed by atoms with van der Waals surface area (Å²) >= 11 is 0. The molecule has 1 fully saturated rings. The Bertz CT molecular complexity index is 687. The SMILES string of the molecule is CCC=C1C(=CCC)C(=CCC)C(S(=O)(=O)O)C(=CCC)C1=CCC.[H-].[K+]. The van der Waals surface area contributed by atoms with Crippen LogP contribution in [-0.4, -0.2) is 18.2 Å². The van der Waals surface area contributed by atoms with Gasteiger partial charge in [-0.2, -0.15) is 8.42 Å². The van der Waals surface area contributed by atoms with E-state index in [9.17, 15) is 13.0 Å². The van der Waals surface area contributed by atoms with Crippen molar-refractivity contribution in [1.82, 2.24) is 0 Å². The van der Waals surface area contributed by atoms with Crippen molar-refractivity contribution in [1.29, 1.82) is 0 Å². The van der Waals surface area contributed by atoms with Crippen LogP contribution in [0, 0.1) is 0 Å². The van der Waals surface area contributed by atoms with Gasteiger partial charge in [-0.25, -0.2) is 0 Å². The van der Waals surface area contributed by atoms with E-state index >= 15 is 0 Å². The summed E-state index contributed by atoms with van der Waals surface area (Å²) < 4.78 is 34.7. The number of allylic oxidation sites excluding steroid dienone is 8. The molecule has 1 saturated carbocycles. The maximum absolute atomic E-state index is 12.3. The van der Waals surface area contributed by atoms with Crippen LogP contribution in [-0.2, 0) is 10.1 Å². The van der Waals surface area contributed by atoms with Crippen molar-refractivity contribution in [2.75, 3.05) is 0 Å². The van der Waals surface area contributed by atoms with E-state index in [0.29, 0.717) is 24.0 Å². The largest absolute Gasteiger partial charge is 1.00 e. The molecule has 0 saturated heterocycles. The minimum Gasteiger partial charge on any atom is -1.00 e. The molecule has 0 atom stereocenters. The molecule has 0 aromatic carbocycles. The van der Waals surface area contributed by atoms with Crippen molar-refractivity contribution in [2.24, 2.45) is 0 Å². The summed E-state index contributed by atoms with van der Waals surface area (Å²) in [5, 5.41) is -1.00. The zero-order chi connectivity index (χ0) is 19.0. The smallest absolute Gasteiger partial charge is 1.00 e. The Kier molecular flexibility index (Phi) is 12.8. The van der Waals surface area contributed by atoms with Gasteiger partial charge in [-0.15, -0.1) is 0 Å². The Balaban J connectivity index is 0. The zero-order valence-electron chi connectivity index (χ0n) is 18.2. The molecule has 0 amide bonds. The van der Waals surface area contributed by atoms with Crippen LogP contribution in [0.4, 0.5) is 0 Å². The minimum absolute atomic E-state index is 0. The van der Waals surface area contributed by atoms with Crippen molar-refractivity contribution >= 4 is 10.1 Å². The van der Waals surface area contributed by atoms with Gasteiger partial charge in [-0.1, -0.05) is 65.0 Å². The fraction of sp³-hybridized carbons (Fsp3) is 0.524. The van der Waals surface area contributed by atoms with Gasteiger partial charge in [0.1, 0.15) is 5.25 Å². The average molecular weight is 405 g/mol. The van der Waals surface area contributed by atoms with Crippen molar-refractivity contribution in [3.63, 3.8) is 0 Å². The first-order valence-electron chi connectivity index (χ1n) is 9.35. The van der Waals surface area contributed by atoms with E-state index in [1.54, 1.807) is 0 Å². The van der Waals surface area contributed by atoms with Crippen molar-refractivity contribution in [3.8, 4) is 0 Å². The van der Waals surface area contributed by atoms with E-state index in [2.05, 4.69) is 25.2 Å². The zero-order valence-corrected chi connectivity index (χ0v) is 21.1. The molecular weight excluding hydrogens is 371 g/mol. The third-order valence-corrected chi connectivity index (χ3v) is 5.24. The summed E-state index contributed by atoms with van der Waals surface area (Å²) in [4.78, 5) is 0. The van der Waals surface area contributed by atoms with E-state index < -0.39 is 15.4 Å². The van der Waals surface area contributed by atoms with Crippen molar-refractivity contribution in [2.45, 2.75) is 72.0 Å². The van der Waals surface area contributed by atoms with Crippen LogP contribution in [0.1, 0.15) is 68.1 Å². The Morgan fingerprint density at radius 3 is 1.31 bits per heavy atom. The van der Waals surface area contributed by atoms with E-state index in [1.807, 2.05) is 39.8 Å². The van der Waals surface area contributed by atoms with Crippen LogP contribution in [0.5, 0.6) is 0 Å². The summed E-state index contributed by atoms with van der Waals surface area (Å²) in [5.41, 5.74) is 4.40. The van der Waals surface area contributed by atoms with Gasteiger partial charge in [0.2, 0.25) is 0 Å². The molecule has 1 rings (SSSR count). The summed E-state index contributed by atoms with van der Waals surface area (Å²) in [7, 11) is -4.25. The predicted molar refractivity (Wildman–Crippen MR) is 108 cm³/mol. The summed E-state index contributed by atoms with van der Waals surface area (Å²) in [6, 6.07) is 0. The van der Waals surface area contributed by atoms with Gasteiger partial charge in [0.05, 0.1) is 0 Å². The van der Waals surface area contributed by atoms with Crippen molar-refractivity contribution < 1.29 is 65.8 Å². The fourth-order valence-electron chi connectivity index (χ4n) is 3.39. The maximum atomic E-state index is 12.3. The molecule has 0 spiro atoms. The van der Waals surface area contributed by atoms with Gasteiger partial charge < -0.3 is 1.43 Å². The molecule has 1 aliphatic rings. The molecule has 1 N–H and O–H groups in total. The molecule has 0 aliphatic heterocycles. The van der Waals surface area contributed by atoms with Gasteiger partial charge in [0.25, 0.3) is 10.1 Å². The predicted octanol–water partition coefficient (Wildman–Crippen LogP) is 3.05. The maximum Gasteiger partial charge on any atom is 1.00 e. The Morgan fingerprint density at radius 1 is 0.731 bits per heavy atom. The van der Waals surface area contributed by atoms with E-state index in [4.69, 9.17) is 0 Å². The first kappa shape index (κ1) is 26.2. The first-order chi connectivity index (χ1) is 11.9. The third kappa shape index (κ3) is 6.40. The molecule has 142 valence electrons. The molecule has 0 aromatic heterocycles. The fourth-order valence-corrected chi connectivity index (χ4v) is 4.48. The van der Waals surface area contributed by atoms with Crippen LogP contribution in [0.2, 0.25) is 0 Å². The quantitative estimate of drug-likeness (QED) is 0.547. The number of rotatable bonds is 6. The average Bonchev–Trinajstić information content (AvgIpc) is 2.53. The van der Waals surface area contributed by atoms with Gasteiger partial charge in [-0.05, 0) is 60.0 Å². The molecule has 0 bridgehead atoms. The Labute approximate surface area is 204 Å². The molecule has 1 aliphatic carbocycles. The molecule has 26 heavy (non-hydrogen) atoms. The van der Waals surface area contributed by atoms with E-state index in [1.165, 1.54) is 0 Å². The summed E-state index contributed by atoms with van der Waals surface area (Å²) in [6.45, 7) is 10.1. The molecule has 0 radical (unpaired) electrons. The normalized spacial score (nSPS) is 24.4. The first-order valence-corrected chi connectivity index (χ1v) is 10.9. The minimum atomic E-state index is -4.25. The monoisotopic (exact) mass is 404 g/mol. The Morgan fingerprint density at radius 2 is 1.04 bits per heavy atom. The summed E-state index contributed by atoms with van der Waals surface area (Å²) in [6.07, 6.45) is 14.1. The molecule has 5 heteroatoms. The molecule has 0 unspecified atom stereocenters. The third-order valence-electron chi connectivity index (χ3n) is 4.14. The van der Waals surface area contributed by atoms with Crippen LogP contribution >= 0.6 is 0 Å².